The van der Waals surface area contributed by atoms with Gasteiger partial charge in [0.05, 0.1) is 18.0 Å². The number of aromatic nitrogens is 3. The Morgan fingerprint density at radius 3 is 2.77 bits per heavy atom. The fraction of sp³-hybridized carbons (Fsp3) is 0.0588. The molecule has 0 aliphatic rings. The third-order valence-corrected chi connectivity index (χ3v) is 3.55. The highest BCUT2D eigenvalue weighted by atomic mass is 16.5. The van der Waals surface area contributed by atoms with Crippen LogP contribution in [0.1, 0.15) is 0 Å². The average molecular weight is 291 g/mol. The van der Waals surface area contributed by atoms with Gasteiger partial charge in [0.15, 0.2) is 0 Å². The topological polar surface area (TPSA) is 60.0 Å². The fourth-order valence-corrected chi connectivity index (χ4v) is 2.43. The standard InChI is InChI=1S/C17H13N3O2/c1-21-12-2-5-16-14(9-12)17(20-10-19-16)22-13-3-4-15-11(8-13)6-7-18-15/h2-10,18H,1H3. The smallest absolute Gasteiger partial charge is 0.230 e. The van der Waals surface area contributed by atoms with Crippen LogP contribution in [-0.2, 0) is 0 Å². The number of aromatic amines is 1. The molecule has 4 aromatic rings. The van der Waals surface area contributed by atoms with Crippen molar-refractivity contribution in [2.24, 2.45) is 0 Å². The van der Waals surface area contributed by atoms with Crippen LogP contribution in [0.5, 0.6) is 17.4 Å². The van der Waals surface area contributed by atoms with Crippen LogP contribution in [0, 0.1) is 0 Å². The molecule has 22 heavy (non-hydrogen) atoms. The number of fused-ring (bicyclic) bond motifs is 2. The molecular formula is C17H13N3O2. The predicted octanol–water partition coefficient (Wildman–Crippen LogP) is 3.91. The summed E-state index contributed by atoms with van der Waals surface area (Å²) in [5.74, 6) is 1.99. The van der Waals surface area contributed by atoms with Crippen LogP contribution >= 0.6 is 0 Å². The molecular weight excluding hydrogens is 278 g/mol. The minimum absolute atomic E-state index is 0.513. The van der Waals surface area contributed by atoms with Crippen molar-refractivity contribution in [3.05, 3.63) is 55.0 Å². The zero-order valence-electron chi connectivity index (χ0n) is 11.9. The summed E-state index contributed by atoms with van der Waals surface area (Å²) in [6, 6.07) is 13.5. The first-order chi connectivity index (χ1) is 10.8. The molecule has 0 atom stereocenters. The van der Waals surface area contributed by atoms with Crippen molar-refractivity contribution in [1.29, 1.82) is 0 Å². The van der Waals surface area contributed by atoms with Gasteiger partial charge in [-0.2, -0.15) is 0 Å². The molecule has 0 spiro atoms. The Morgan fingerprint density at radius 1 is 0.955 bits per heavy atom. The minimum atomic E-state index is 0.513. The molecule has 5 heteroatoms. The van der Waals surface area contributed by atoms with Crippen molar-refractivity contribution in [2.45, 2.75) is 0 Å². The molecule has 108 valence electrons. The van der Waals surface area contributed by atoms with Crippen molar-refractivity contribution in [2.75, 3.05) is 7.11 Å². The van der Waals surface area contributed by atoms with Gasteiger partial charge in [-0.25, -0.2) is 9.97 Å². The van der Waals surface area contributed by atoms with E-state index in [9.17, 15) is 0 Å². The zero-order valence-corrected chi connectivity index (χ0v) is 11.9. The number of methoxy groups -OCH3 is 1. The normalized spacial score (nSPS) is 11.0. The number of benzene rings is 2. The summed E-state index contributed by atoms with van der Waals surface area (Å²) in [5, 5.41) is 1.91. The third kappa shape index (κ3) is 2.13. The van der Waals surface area contributed by atoms with Crippen LogP contribution in [-0.4, -0.2) is 22.1 Å². The summed E-state index contributed by atoms with van der Waals surface area (Å²) in [6.07, 6.45) is 3.40. The van der Waals surface area contributed by atoms with Gasteiger partial charge in [-0.3, -0.25) is 0 Å². The highest BCUT2D eigenvalue weighted by molar-refractivity contribution is 5.85. The van der Waals surface area contributed by atoms with Crippen molar-refractivity contribution in [3.8, 4) is 17.4 Å². The molecule has 0 radical (unpaired) electrons. The summed E-state index contributed by atoms with van der Waals surface area (Å²) in [6.45, 7) is 0. The lowest BCUT2D eigenvalue weighted by Gasteiger charge is -2.08. The first-order valence-electron chi connectivity index (χ1n) is 6.87. The third-order valence-electron chi connectivity index (χ3n) is 3.55. The molecule has 2 heterocycles. The molecule has 0 unspecified atom stereocenters. The van der Waals surface area contributed by atoms with Crippen LogP contribution in [0.3, 0.4) is 0 Å². The molecule has 0 bridgehead atoms. The Labute approximate surface area is 126 Å². The van der Waals surface area contributed by atoms with E-state index in [0.717, 1.165) is 33.3 Å². The Bertz CT molecular complexity index is 962. The van der Waals surface area contributed by atoms with Gasteiger partial charge in [0.1, 0.15) is 17.8 Å². The molecule has 2 aromatic carbocycles. The van der Waals surface area contributed by atoms with E-state index < -0.39 is 0 Å². The predicted molar refractivity (Wildman–Crippen MR) is 84.5 cm³/mol. The SMILES string of the molecule is COc1ccc2ncnc(Oc3ccc4[nH]ccc4c3)c2c1. The summed E-state index contributed by atoms with van der Waals surface area (Å²) < 4.78 is 11.2. The fourth-order valence-electron chi connectivity index (χ4n) is 2.43. The van der Waals surface area contributed by atoms with Crippen LogP contribution in [0.15, 0.2) is 55.0 Å². The second-order valence-corrected chi connectivity index (χ2v) is 4.89. The van der Waals surface area contributed by atoms with E-state index in [1.54, 1.807) is 7.11 Å². The largest absolute Gasteiger partial charge is 0.497 e. The first kappa shape index (κ1) is 12.6. The maximum atomic E-state index is 5.95. The Balaban J connectivity index is 1.79. The monoisotopic (exact) mass is 291 g/mol. The number of H-pyrrole nitrogens is 1. The summed E-state index contributed by atoms with van der Waals surface area (Å²) in [4.78, 5) is 11.7. The number of nitrogens with zero attached hydrogens (tertiary/aromatic N) is 2. The molecule has 0 fully saturated rings. The Kier molecular flexibility index (Phi) is 2.89. The lowest BCUT2D eigenvalue weighted by molar-refractivity contribution is 0.415. The van der Waals surface area contributed by atoms with Gasteiger partial charge in [-0.15, -0.1) is 0 Å². The van der Waals surface area contributed by atoms with Crippen LogP contribution in [0.2, 0.25) is 0 Å². The van der Waals surface area contributed by atoms with E-state index in [-0.39, 0.29) is 0 Å². The van der Waals surface area contributed by atoms with E-state index in [1.165, 1.54) is 6.33 Å². The van der Waals surface area contributed by atoms with E-state index >= 15 is 0 Å². The van der Waals surface area contributed by atoms with E-state index in [1.807, 2.05) is 48.7 Å². The minimum Gasteiger partial charge on any atom is -0.497 e. The Hall–Kier alpha value is -3.08. The quantitative estimate of drug-likeness (QED) is 0.621. The van der Waals surface area contributed by atoms with Crippen LogP contribution in [0.25, 0.3) is 21.8 Å². The molecule has 0 aliphatic heterocycles. The van der Waals surface area contributed by atoms with Gasteiger partial charge in [0.25, 0.3) is 0 Å². The number of rotatable bonds is 3. The second-order valence-electron chi connectivity index (χ2n) is 4.89. The molecule has 0 saturated carbocycles. The van der Waals surface area contributed by atoms with Gasteiger partial charge in [0, 0.05) is 17.1 Å². The molecule has 2 aromatic heterocycles. The average Bonchev–Trinajstić information content (AvgIpc) is 3.02. The lowest BCUT2D eigenvalue weighted by Crippen LogP contribution is -1.92. The van der Waals surface area contributed by atoms with Gasteiger partial charge in [-0.1, -0.05) is 0 Å². The van der Waals surface area contributed by atoms with Crippen LogP contribution in [0.4, 0.5) is 0 Å². The van der Waals surface area contributed by atoms with Crippen molar-refractivity contribution >= 4 is 21.8 Å². The molecule has 1 N–H and O–H groups in total. The highest BCUT2D eigenvalue weighted by Crippen LogP contribution is 2.30. The van der Waals surface area contributed by atoms with Crippen molar-refractivity contribution in [3.63, 3.8) is 0 Å². The van der Waals surface area contributed by atoms with E-state index in [2.05, 4.69) is 15.0 Å². The summed E-state index contributed by atoms with van der Waals surface area (Å²) in [7, 11) is 1.63. The van der Waals surface area contributed by atoms with Crippen molar-refractivity contribution in [1.82, 2.24) is 15.0 Å². The van der Waals surface area contributed by atoms with Crippen molar-refractivity contribution < 1.29 is 9.47 Å². The second kappa shape index (κ2) is 5.04. The van der Waals surface area contributed by atoms with Gasteiger partial charge in [0.2, 0.25) is 5.88 Å². The molecule has 0 amide bonds. The lowest BCUT2D eigenvalue weighted by atomic mass is 10.2. The Morgan fingerprint density at radius 2 is 1.86 bits per heavy atom. The van der Waals surface area contributed by atoms with Crippen LogP contribution < -0.4 is 9.47 Å². The number of hydrogen-bond acceptors (Lipinski definition) is 4. The number of ether oxygens (including phenoxy) is 2. The first-order valence-corrected chi connectivity index (χ1v) is 6.87. The maximum Gasteiger partial charge on any atom is 0.230 e. The van der Waals surface area contributed by atoms with Gasteiger partial charge >= 0.3 is 0 Å². The molecule has 5 nitrogen and oxygen atoms in total. The van der Waals surface area contributed by atoms with E-state index in [0.29, 0.717) is 5.88 Å². The van der Waals surface area contributed by atoms with Gasteiger partial charge in [-0.05, 0) is 42.5 Å². The molecule has 0 aliphatic carbocycles. The zero-order chi connectivity index (χ0) is 14.9. The maximum absolute atomic E-state index is 5.95. The summed E-state index contributed by atoms with van der Waals surface area (Å²) in [5.41, 5.74) is 1.88. The molecule has 4 rings (SSSR count). The number of hydrogen-bond donors (Lipinski definition) is 1. The van der Waals surface area contributed by atoms with E-state index in [4.69, 9.17) is 9.47 Å². The van der Waals surface area contributed by atoms with Gasteiger partial charge < -0.3 is 14.5 Å². The highest BCUT2D eigenvalue weighted by Gasteiger charge is 2.08. The summed E-state index contributed by atoms with van der Waals surface area (Å²) >= 11 is 0. The number of nitrogens with one attached hydrogen (secondary N) is 1. The molecule has 0 saturated heterocycles.